The molecule has 0 unspecified atom stereocenters. The van der Waals surface area contributed by atoms with Crippen LogP contribution in [0.1, 0.15) is 5.56 Å². The van der Waals surface area contributed by atoms with Gasteiger partial charge in [0.15, 0.2) is 0 Å². The standard InChI is InChI=1S/C9H12FN3/c1-12-6-9(13-11)7-4-2-3-5-8(7)10/h2-6,12-13H,11H2,1H3/b9-6-. The zero-order chi connectivity index (χ0) is 9.68. The molecule has 0 aliphatic rings. The van der Waals surface area contributed by atoms with Crippen LogP contribution >= 0.6 is 0 Å². The molecule has 0 bridgehead atoms. The molecule has 70 valence electrons. The molecule has 1 rings (SSSR count). The predicted molar refractivity (Wildman–Crippen MR) is 50.8 cm³/mol. The largest absolute Gasteiger partial charge is 0.392 e. The molecule has 0 amide bonds. The minimum absolute atomic E-state index is 0.304. The maximum Gasteiger partial charge on any atom is 0.132 e. The third kappa shape index (κ3) is 2.19. The number of rotatable bonds is 3. The van der Waals surface area contributed by atoms with Gasteiger partial charge in [-0.15, -0.1) is 0 Å². The average Bonchev–Trinajstić information content (AvgIpc) is 2.16. The first-order valence-electron chi connectivity index (χ1n) is 3.88. The van der Waals surface area contributed by atoms with Crippen LogP contribution in [0.25, 0.3) is 5.70 Å². The zero-order valence-electron chi connectivity index (χ0n) is 7.34. The van der Waals surface area contributed by atoms with E-state index in [1.165, 1.54) is 6.07 Å². The maximum absolute atomic E-state index is 13.2. The van der Waals surface area contributed by atoms with Crippen molar-refractivity contribution in [3.8, 4) is 0 Å². The van der Waals surface area contributed by atoms with E-state index in [-0.39, 0.29) is 5.82 Å². The smallest absolute Gasteiger partial charge is 0.132 e. The molecule has 0 aromatic heterocycles. The first kappa shape index (κ1) is 9.54. The highest BCUT2D eigenvalue weighted by Gasteiger charge is 2.04. The van der Waals surface area contributed by atoms with Gasteiger partial charge in [-0.05, 0) is 12.1 Å². The molecule has 0 saturated heterocycles. The summed E-state index contributed by atoms with van der Waals surface area (Å²) in [5.41, 5.74) is 3.38. The summed E-state index contributed by atoms with van der Waals surface area (Å²) in [6.07, 6.45) is 1.60. The highest BCUT2D eigenvalue weighted by Crippen LogP contribution is 2.13. The van der Waals surface area contributed by atoms with Crippen molar-refractivity contribution in [3.63, 3.8) is 0 Å². The summed E-state index contributed by atoms with van der Waals surface area (Å²) in [6.45, 7) is 0. The molecule has 3 nitrogen and oxygen atoms in total. The highest BCUT2D eigenvalue weighted by atomic mass is 19.1. The van der Waals surface area contributed by atoms with E-state index >= 15 is 0 Å². The quantitative estimate of drug-likeness (QED) is 0.477. The van der Waals surface area contributed by atoms with Crippen molar-refractivity contribution in [1.29, 1.82) is 0 Å². The molecule has 0 radical (unpaired) electrons. The second kappa shape index (κ2) is 4.47. The Balaban J connectivity index is 3.05. The molecule has 0 atom stereocenters. The normalized spacial score (nSPS) is 11.2. The van der Waals surface area contributed by atoms with E-state index in [0.29, 0.717) is 11.3 Å². The SMILES string of the molecule is CN/C=C(\NN)c1ccccc1F. The summed E-state index contributed by atoms with van der Waals surface area (Å²) in [4.78, 5) is 0. The molecule has 0 saturated carbocycles. The van der Waals surface area contributed by atoms with Crippen LogP contribution in [0, 0.1) is 5.82 Å². The number of hydrogen-bond donors (Lipinski definition) is 3. The van der Waals surface area contributed by atoms with Gasteiger partial charge in [-0.3, -0.25) is 5.84 Å². The number of nitrogens with one attached hydrogen (secondary N) is 2. The van der Waals surface area contributed by atoms with Crippen molar-refractivity contribution in [2.75, 3.05) is 7.05 Å². The summed E-state index contributed by atoms with van der Waals surface area (Å²) >= 11 is 0. The number of halogens is 1. The van der Waals surface area contributed by atoms with E-state index < -0.39 is 0 Å². The van der Waals surface area contributed by atoms with Gasteiger partial charge in [0.1, 0.15) is 5.82 Å². The Morgan fingerprint density at radius 3 is 2.69 bits per heavy atom. The van der Waals surface area contributed by atoms with E-state index in [0.717, 1.165) is 0 Å². The fourth-order valence-electron chi connectivity index (χ4n) is 1.02. The van der Waals surface area contributed by atoms with Crippen molar-refractivity contribution in [3.05, 3.63) is 41.8 Å². The first-order valence-corrected chi connectivity index (χ1v) is 3.88. The summed E-state index contributed by atoms with van der Waals surface area (Å²) in [5, 5.41) is 2.77. The van der Waals surface area contributed by atoms with Gasteiger partial charge < -0.3 is 10.7 Å². The van der Waals surface area contributed by atoms with Crippen molar-refractivity contribution in [2.24, 2.45) is 5.84 Å². The molecule has 4 N–H and O–H groups in total. The lowest BCUT2D eigenvalue weighted by atomic mass is 10.1. The maximum atomic E-state index is 13.2. The molecule has 4 heteroatoms. The molecule has 13 heavy (non-hydrogen) atoms. The van der Waals surface area contributed by atoms with Crippen LogP contribution in [0.15, 0.2) is 30.5 Å². The lowest BCUT2D eigenvalue weighted by Crippen LogP contribution is -2.22. The minimum atomic E-state index is -0.304. The molecule has 0 heterocycles. The van der Waals surface area contributed by atoms with Crippen molar-refractivity contribution < 1.29 is 4.39 Å². The van der Waals surface area contributed by atoms with Gasteiger partial charge in [-0.2, -0.15) is 0 Å². The lowest BCUT2D eigenvalue weighted by Gasteiger charge is -2.07. The molecule has 0 aliphatic heterocycles. The first-order chi connectivity index (χ1) is 6.29. The Morgan fingerprint density at radius 1 is 1.46 bits per heavy atom. The van der Waals surface area contributed by atoms with Crippen molar-refractivity contribution >= 4 is 5.70 Å². The number of benzene rings is 1. The third-order valence-electron chi connectivity index (χ3n) is 1.61. The second-order valence-corrected chi connectivity index (χ2v) is 2.47. The van der Waals surface area contributed by atoms with Crippen LogP contribution in [0.2, 0.25) is 0 Å². The van der Waals surface area contributed by atoms with Crippen LogP contribution in [0.3, 0.4) is 0 Å². The number of hydrogen-bond acceptors (Lipinski definition) is 3. The zero-order valence-corrected chi connectivity index (χ0v) is 7.34. The Bertz CT molecular complexity index is 309. The van der Waals surface area contributed by atoms with Gasteiger partial charge in [0.2, 0.25) is 0 Å². The van der Waals surface area contributed by atoms with Crippen LogP contribution in [-0.4, -0.2) is 7.05 Å². The van der Waals surface area contributed by atoms with E-state index in [9.17, 15) is 4.39 Å². The number of hydrazine groups is 1. The Morgan fingerprint density at radius 2 is 2.15 bits per heavy atom. The highest BCUT2D eigenvalue weighted by molar-refractivity contribution is 5.63. The van der Waals surface area contributed by atoms with E-state index in [4.69, 9.17) is 5.84 Å². The minimum Gasteiger partial charge on any atom is -0.392 e. The van der Waals surface area contributed by atoms with Crippen LogP contribution < -0.4 is 16.6 Å². The Labute approximate surface area is 76.4 Å². The molecule has 0 spiro atoms. The average molecular weight is 181 g/mol. The van der Waals surface area contributed by atoms with Gasteiger partial charge in [0.05, 0.1) is 5.70 Å². The molecular weight excluding hydrogens is 169 g/mol. The molecule has 1 aromatic rings. The Kier molecular flexibility index (Phi) is 3.28. The van der Waals surface area contributed by atoms with Crippen molar-refractivity contribution in [1.82, 2.24) is 10.7 Å². The lowest BCUT2D eigenvalue weighted by molar-refractivity contribution is 0.622. The second-order valence-electron chi connectivity index (χ2n) is 2.47. The van der Waals surface area contributed by atoms with Crippen LogP contribution in [-0.2, 0) is 0 Å². The topological polar surface area (TPSA) is 50.1 Å². The predicted octanol–water partition coefficient (Wildman–Crippen LogP) is 0.807. The van der Waals surface area contributed by atoms with Gasteiger partial charge in [0.25, 0.3) is 0 Å². The summed E-state index contributed by atoms with van der Waals surface area (Å²) < 4.78 is 13.2. The van der Waals surface area contributed by atoms with E-state index in [1.807, 2.05) is 0 Å². The van der Waals surface area contributed by atoms with E-state index in [1.54, 1.807) is 31.4 Å². The summed E-state index contributed by atoms with van der Waals surface area (Å²) in [6, 6.07) is 6.42. The van der Waals surface area contributed by atoms with E-state index in [2.05, 4.69) is 10.7 Å². The monoisotopic (exact) mass is 181 g/mol. The molecular formula is C9H12FN3. The molecule has 0 aliphatic carbocycles. The fourth-order valence-corrected chi connectivity index (χ4v) is 1.02. The van der Waals surface area contributed by atoms with Gasteiger partial charge >= 0.3 is 0 Å². The van der Waals surface area contributed by atoms with Gasteiger partial charge in [0, 0.05) is 18.8 Å². The number of nitrogens with two attached hydrogens (primary N) is 1. The fraction of sp³-hybridized carbons (Fsp3) is 0.111. The van der Waals surface area contributed by atoms with Crippen LogP contribution in [0.5, 0.6) is 0 Å². The third-order valence-corrected chi connectivity index (χ3v) is 1.61. The van der Waals surface area contributed by atoms with Gasteiger partial charge in [-0.1, -0.05) is 12.1 Å². The Hall–Kier alpha value is -1.55. The summed E-state index contributed by atoms with van der Waals surface area (Å²) in [5.74, 6) is 4.93. The molecule has 0 fully saturated rings. The van der Waals surface area contributed by atoms with Crippen molar-refractivity contribution in [2.45, 2.75) is 0 Å². The van der Waals surface area contributed by atoms with Gasteiger partial charge in [-0.25, -0.2) is 4.39 Å². The molecule has 1 aromatic carbocycles. The summed E-state index contributed by atoms with van der Waals surface area (Å²) in [7, 11) is 1.72. The van der Waals surface area contributed by atoms with Crippen LogP contribution in [0.4, 0.5) is 4.39 Å².